The molecule has 0 aromatic heterocycles. The van der Waals surface area contributed by atoms with E-state index in [9.17, 15) is 0 Å². The first-order valence-corrected chi connectivity index (χ1v) is 11.1. The highest BCUT2D eigenvalue weighted by Gasteiger charge is 2.34. The molecule has 29 heavy (non-hydrogen) atoms. The summed E-state index contributed by atoms with van der Waals surface area (Å²) in [5.74, 6) is 0. The molecule has 2 rings (SSSR count). The van der Waals surface area contributed by atoms with Crippen molar-refractivity contribution in [1.29, 1.82) is 0 Å². The second-order valence-electron chi connectivity index (χ2n) is 6.04. The fourth-order valence-corrected chi connectivity index (χ4v) is 7.07. The lowest BCUT2D eigenvalue weighted by molar-refractivity contribution is 1.36. The Bertz CT molecular complexity index is 872. The Balaban J connectivity index is 3.08. The maximum atomic E-state index is 3.98. The van der Waals surface area contributed by atoms with Gasteiger partial charge in [-0.3, -0.25) is 0 Å². The van der Waals surface area contributed by atoms with Crippen LogP contribution in [0.3, 0.4) is 0 Å². The molecule has 0 aliphatic rings. The van der Waals surface area contributed by atoms with Crippen LogP contribution in [-0.4, -0.2) is 0 Å². The van der Waals surface area contributed by atoms with Gasteiger partial charge < -0.3 is 0 Å². The van der Waals surface area contributed by atoms with Crippen LogP contribution in [0.2, 0.25) is 0 Å². The summed E-state index contributed by atoms with van der Waals surface area (Å²) in [7, 11) is -1.79. The standard InChI is InChI=1S/C28H28S/c1-5-9-19-25(17-7-3)29(27-21-13-11-14-22-27,28-23-15-12-16-24-28)26(18-8-4)20-10-6-2/h5-24H,1-4H2/b19-9-,20-10-,25-17+,26-18+. The largest absolute Gasteiger partial charge is 0.133 e. The molecule has 0 heterocycles. The number of rotatable bonds is 10. The van der Waals surface area contributed by atoms with Crippen molar-refractivity contribution in [2.75, 3.05) is 0 Å². The Morgan fingerprint density at radius 1 is 0.552 bits per heavy atom. The highest BCUT2D eigenvalue weighted by atomic mass is 32.3. The minimum atomic E-state index is -1.79. The normalized spacial score (nSPS) is 13.4. The van der Waals surface area contributed by atoms with Crippen LogP contribution in [0.25, 0.3) is 0 Å². The average molecular weight is 397 g/mol. The third-order valence-electron chi connectivity index (χ3n) is 4.26. The van der Waals surface area contributed by atoms with E-state index in [0.29, 0.717) is 0 Å². The van der Waals surface area contributed by atoms with Gasteiger partial charge in [-0.1, -0.05) is 99.2 Å². The van der Waals surface area contributed by atoms with Crippen molar-refractivity contribution in [3.05, 3.63) is 158 Å². The Kier molecular flexibility index (Phi) is 8.75. The zero-order valence-electron chi connectivity index (χ0n) is 16.8. The van der Waals surface area contributed by atoms with Gasteiger partial charge in [-0.2, -0.15) is 0 Å². The Labute approximate surface area is 177 Å². The van der Waals surface area contributed by atoms with Crippen molar-refractivity contribution >= 4 is 10.0 Å². The van der Waals surface area contributed by atoms with E-state index in [1.807, 2.05) is 36.4 Å². The van der Waals surface area contributed by atoms with Gasteiger partial charge >= 0.3 is 0 Å². The van der Waals surface area contributed by atoms with Crippen molar-refractivity contribution in [3.8, 4) is 0 Å². The maximum absolute atomic E-state index is 3.98. The fourth-order valence-electron chi connectivity index (χ4n) is 3.14. The van der Waals surface area contributed by atoms with Gasteiger partial charge in [-0.15, -0.1) is 10.0 Å². The monoisotopic (exact) mass is 396 g/mol. The average Bonchev–Trinajstić information content (AvgIpc) is 2.77. The van der Waals surface area contributed by atoms with Crippen LogP contribution in [0.5, 0.6) is 0 Å². The van der Waals surface area contributed by atoms with Gasteiger partial charge in [0.2, 0.25) is 0 Å². The van der Waals surface area contributed by atoms with Gasteiger partial charge in [0.15, 0.2) is 0 Å². The molecule has 0 fully saturated rings. The number of benzene rings is 2. The first-order valence-electron chi connectivity index (χ1n) is 9.43. The molecule has 0 saturated carbocycles. The lowest BCUT2D eigenvalue weighted by Gasteiger charge is -2.43. The first-order chi connectivity index (χ1) is 14.2. The van der Waals surface area contributed by atoms with E-state index in [0.717, 1.165) is 9.81 Å². The molecule has 2 aromatic rings. The maximum Gasteiger partial charge on any atom is 0.00229 e. The van der Waals surface area contributed by atoms with E-state index in [-0.39, 0.29) is 0 Å². The van der Waals surface area contributed by atoms with Crippen LogP contribution < -0.4 is 0 Å². The molecule has 2 aromatic carbocycles. The van der Waals surface area contributed by atoms with Crippen LogP contribution in [0.1, 0.15) is 0 Å². The predicted octanol–water partition coefficient (Wildman–Crippen LogP) is 8.53. The Morgan fingerprint density at radius 2 is 0.931 bits per heavy atom. The van der Waals surface area contributed by atoms with Crippen LogP contribution >= 0.6 is 10.0 Å². The van der Waals surface area contributed by atoms with Gasteiger partial charge in [0, 0.05) is 19.6 Å². The number of hydrogen-bond donors (Lipinski definition) is 0. The van der Waals surface area contributed by atoms with Crippen LogP contribution in [-0.2, 0) is 0 Å². The second-order valence-corrected chi connectivity index (χ2v) is 9.15. The summed E-state index contributed by atoms with van der Waals surface area (Å²) in [5.41, 5.74) is 0. The van der Waals surface area contributed by atoms with Gasteiger partial charge in [0.1, 0.15) is 0 Å². The van der Waals surface area contributed by atoms with Crippen LogP contribution in [0.4, 0.5) is 0 Å². The Morgan fingerprint density at radius 3 is 1.24 bits per heavy atom. The molecule has 0 saturated heterocycles. The number of allylic oxidation sites excluding steroid dienone is 10. The van der Waals surface area contributed by atoms with E-state index in [2.05, 4.69) is 99.2 Å². The van der Waals surface area contributed by atoms with Crippen molar-refractivity contribution in [2.24, 2.45) is 0 Å². The highest BCUT2D eigenvalue weighted by Crippen LogP contribution is 2.73. The fraction of sp³-hybridized carbons (Fsp3) is 0. The third kappa shape index (κ3) is 4.96. The quantitative estimate of drug-likeness (QED) is 0.353. The second kappa shape index (κ2) is 11.5. The summed E-state index contributed by atoms with van der Waals surface area (Å²) in [5, 5.41) is 0. The zero-order valence-corrected chi connectivity index (χ0v) is 17.6. The minimum absolute atomic E-state index is 1.16. The molecule has 146 valence electrons. The van der Waals surface area contributed by atoms with E-state index in [1.54, 1.807) is 12.2 Å². The van der Waals surface area contributed by atoms with Gasteiger partial charge in [-0.25, -0.2) is 0 Å². The molecule has 0 N–H and O–H groups in total. The van der Waals surface area contributed by atoms with Gasteiger partial charge in [0.25, 0.3) is 0 Å². The summed E-state index contributed by atoms with van der Waals surface area (Å²) in [4.78, 5) is 4.78. The highest BCUT2D eigenvalue weighted by molar-refractivity contribution is 8.40. The molecule has 0 amide bonds. The van der Waals surface area contributed by atoms with Gasteiger partial charge in [-0.05, 0) is 48.6 Å². The SMILES string of the molecule is C=C/C=C\C(=C/C=C)S(C(/C=C\C=C)=C/C=C)(c1ccccc1)c1ccccc1. The van der Waals surface area contributed by atoms with E-state index >= 15 is 0 Å². The molecular formula is C28H28S. The summed E-state index contributed by atoms with van der Waals surface area (Å²) < 4.78 is 0. The van der Waals surface area contributed by atoms with E-state index in [1.165, 1.54) is 9.79 Å². The zero-order chi connectivity index (χ0) is 21.0. The van der Waals surface area contributed by atoms with Crippen molar-refractivity contribution in [1.82, 2.24) is 0 Å². The molecular weight excluding hydrogens is 368 g/mol. The minimum Gasteiger partial charge on any atom is -0.133 e. The molecule has 0 nitrogen and oxygen atoms in total. The molecule has 0 unspecified atom stereocenters. The smallest absolute Gasteiger partial charge is 0.00229 e. The molecule has 0 atom stereocenters. The predicted molar refractivity (Wildman–Crippen MR) is 132 cm³/mol. The summed E-state index contributed by atoms with van der Waals surface area (Å²) in [6.07, 6.45) is 19.7. The van der Waals surface area contributed by atoms with Gasteiger partial charge in [0.05, 0.1) is 0 Å². The molecule has 0 aliphatic heterocycles. The van der Waals surface area contributed by atoms with Crippen molar-refractivity contribution in [2.45, 2.75) is 9.79 Å². The summed E-state index contributed by atoms with van der Waals surface area (Å²) in [6.45, 7) is 15.7. The number of hydrogen-bond acceptors (Lipinski definition) is 0. The topological polar surface area (TPSA) is 0 Å². The Hall–Kier alpha value is -3.29. The van der Waals surface area contributed by atoms with Crippen LogP contribution in [0.15, 0.2) is 167 Å². The lowest BCUT2D eigenvalue weighted by Crippen LogP contribution is -2.07. The van der Waals surface area contributed by atoms with Crippen molar-refractivity contribution < 1.29 is 0 Å². The van der Waals surface area contributed by atoms with E-state index < -0.39 is 10.0 Å². The molecule has 0 radical (unpaired) electrons. The summed E-state index contributed by atoms with van der Waals surface area (Å²) >= 11 is 0. The van der Waals surface area contributed by atoms with Crippen molar-refractivity contribution in [3.63, 3.8) is 0 Å². The van der Waals surface area contributed by atoms with Crippen LogP contribution in [0, 0.1) is 0 Å². The lowest BCUT2D eigenvalue weighted by atomic mass is 10.4. The molecule has 0 spiro atoms. The molecule has 1 heteroatoms. The molecule has 0 aliphatic carbocycles. The molecule has 0 bridgehead atoms. The third-order valence-corrected chi connectivity index (χ3v) is 8.18. The summed E-state index contributed by atoms with van der Waals surface area (Å²) in [6, 6.07) is 21.2. The first kappa shape index (κ1) is 22.0. The van der Waals surface area contributed by atoms with E-state index in [4.69, 9.17) is 0 Å².